The molecule has 0 fully saturated rings. The van der Waals surface area contributed by atoms with Crippen molar-refractivity contribution in [3.8, 4) is 11.1 Å². The maximum atomic E-state index is 12.3. The first-order valence-electron chi connectivity index (χ1n) is 7.91. The third-order valence-electron chi connectivity index (χ3n) is 3.82. The van der Waals surface area contributed by atoms with E-state index >= 15 is 0 Å². The Morgan fingerprint density at radius 3 is 2.61 bits per heavy atom. The molecule has 3 nitrogen and oxygen atoms in total. The van der Waals surface area contributed by atoms with Gasteiger partial charge in [-0.25, -0.2) is 9.78 Å². The number of nitrogens with zero attached hydrogens (tertiary/aromatic N) is 1. The molecule has 3 heteroatoms. The second kappa shape index (κ2) is 7.05. The number of hydrogen-bond donors (Lipinski definition) is 0. The van der Waals surface area contributed by atoms with Crippen LogP contribution in [0.2, 0.25) is 0 Å². The van der Waals surface area contributed by atoms with Crippen LogP contribution in [-0.2, 0) is 4.74 Å². The lowest BCUT2D eigenvalue weighted by Gasteiger charge is -2.10. The first kappa shape index (κ1) is 15.2. The van der Waals surface area contributed by atoms with Crippen LogP contribution in [0.15, 0.2) is 60.8 Å². The van der Waals surface area contributed by atoms with Gasteiger partial charge in [0.05, 0.1) is 6.61 Å². The van der Waals surface area contributed by atoms with E-state index in [9.17, 15) is 4.79 Å². The van der Waals surface area contributed by atoms with Crippen LogP contribution in [0.4, 0.5) is 0 Å². The van der Waals surface area contributed by atoms with Crippen LogP contribution in [0.5, 0.6) is 0 Å². The van der Waals surface area contributed by atoms with E-state index in [1.807, 2.05) is 36.4 Å². The summed E-state index contributed by atoms with van der Waals surface area (Å²) in [7, 11) is 0. The quantitative estimate of drug-likeness (QED) is 0.499. The molecule has 1 heterocycles. The molecule has 0 bridgehead atoms. The van der Waals surface area contributed by atoms with Gasteiger partial charge in [0.1, 0.15) is 0 Å². The number of fused-ring (bicyclic) bond motifs is 1. The van der Waals surface area contributed by atoms with E-state index in [2.05, 4.69) is 30.1 Å². The number of carbonyl (C=O) groups is 1. The second-order valence-corrected chi connectivity index (χ2v) is 5.42. The first-order valence-corrected chi connectivity index (χ1v) is 7.91. The van der Waals surface area contributed by atoms with Crippen LogP contribution in [0.1, 0.15) is 30.3 Å². The minimum atomic E-state index is -0.353. The second-order valence-electron chi connectivity index (χ2n) is 5.42. The molecule has 3 aromatic rings. The van der Waals surface area contributed by atoms with Gasteiger partial charge in [0.2, 0.25) is 0 Å². The molecule has 0 atom stereocenters. The van der Waals surface area contributed by atoms with Crippen LogP contribution < -0.4 is 0 Å². The fourth-order valence-electron chi connectivity index (χ4n) is 2.62. The van der Waals surface area contributed by atoms with E-state index < -0.39 is 0 Å². The average molecular weight is 305 g/mol. The van der Waals surface area contributed by atoms with E-state index in [4.69, 9.17) is 4.74 Å². The topological polar surface area (TPSA) is 39.2 Å². The number of rotatable bonds is 5. The number of pyridine rings is 1. The molecule has 3 rings (SSSR count). The summed E-state index contributed by atoms with van der Waals surface area (Å²) in [6, 6.07) is 18.0. The average Bonchev–Trinajstić information content (AvgIpc) is 2.61. The number of esters is 1. The van der Waals surface area contributed by atoms with E-state index in [0.717, 1.165) is 34.7 Å². The number of unbranched alkanes of at least 4 members (excludes halogenated alkanes) is 1. The molecule has 0 saturated carbocycles. The highest BCUT2D eigenvalue weighted by Gasteiger charge is 2.14. The summed E-state index contributed by atoms with van der Waals surface area (Å²) in [5.74, 6) is -0.353. The molecule has 2 aromatic carbocycles. The van der Waals surface area contributed by atoms with Crippen LogP contribution in [-0.4, -0.2) is 17.6 Å². The van der Waals surface area contributed by atoms with E-state index in [0.29, 0.717) is 12.3 Å². The predicted molar refractivity (Wildman–Crippen MR) is 92.4 cm³/mol. The van der Waals surface area contributed by atoms with Gasteiger partial charge in [0.25, 0.3) is 0 Å². The summed E-state index contributed by atoms with van der Waals surface area (Å²) in [5.41, 5.74) is 2.60. The third kappa shape index (κ3) is 3.24. The van der Waals surface area contributed by atoms with Crippen LogP contribution in [0.3, 0.4) is 0 Å². The Morgan fingerprint density at radius 2 is 1.83 bits per heavy atom. The van der Waals surface area contributed by atoms with Gasteiger partial charge in [-0.3, -0.25) is 0 Å². The lowest BCUT2D eigenvalue weighted by atomic mass is 9.98. The Balaban J connectivity index is 2.04. The molecule has 0 unspecified atom stereocenters. The number of ether oxygens (including phenoxy) is 1. The Hall–Kier alpha value is -2.68. The summed E-state index contributed by atoms with van der Waals surface area (Å²) in [5, 5.41) is 1.84. The molecule has 0 aliphatic heterocycles. The first-order chi connectivity index (χ1) is 11.3. The van der Waals surface area contributed by atoms with E-state index in [-0.39, 0.29) is 5.97 Å². The normalized spacial score (nSPS) is 10.7. The smallest absolute Gasteiger partial charge is 0.357 e. The summed E-state index contributed by atoms with van der Waals surface area (Å²) < 4.78 is 5.32. The summed E-state index contributed by atoms with van der Waals surface area (Å²) in [4.78, 5) is 16.5. The fraction of sp³-hybridized carbons (Fsp3) is 0.200. The molecular weight excluding hydrogens is 286 g/mol. The van der Waals surface area contributed by atoms with Gasteiger partial charge in [-0.05, 0) is 29.0 Å². The van der Waals surface area contributed by atoms with Gasteiger partial charge >= 0.3 is 5.97 Å². The minimum Gasteiger partial charge on any atom is -0.461 e. The fourth-order valence-corrected chi connectivity index (χ4v) is 2.62. The molecule has 0 spiro atoms. The zero-order valence-electron chi connectivity index (χ0n) is 13.2. The van der Waals surface area contributed by atoms with Crippen molar-refractivity contribution in [3.63, 3.8) is 0 Å². The van der Waals surface area contributed by atoms with E-state index in [1.54, 1.807) is 6.20 Å². The van der Waals surface area contributed by atoms with Crippen molar-refractivity contribution in [1.29, 1.82) is 0 Å². The monoisotopic (exact) mass is 305 g/mol. The summed E-state index contributed by atoms with van der Waals surface area (Å²) in [6.07, 6.45) is 3.53. The van der Waals surface area contributed by atoms with Crippen molar-refractivity contribution in [2.24, 2.45) is 0 Å². The zero-order chi connectivity index (χ0) is 16.1. The van der Waals surface area contributed by atoms with Crippen LogP contribution >= 0.6 is 0 Å². The highest BCUT2D eigenvalue weighted by atomic mass is 16.5. The number of aromatic nitrogens is 1. The molecular formula is C20H19NO2. The summed E-state index contributed by atoms with van der Waals surface area (Å²) in [6.45, 7) is 2.50. The molecule has 0 aliphatic rings. The van der Waals surface area contributed by atoms with E-state index in [1.165, 1.54) is 0 Å². The van der Waals surface area contributed by atoms with Crippen molar-refractivity contribution < 1.29 is 9.53 Å². The number of carbonyl (C=O) groups excluding carboxylic acids is 1. The molecule has 0 amide bonds. The van der Waals surface area contributed by atoms with Gasteiger partial charge in [-0.2, -0.15) is 0 Å². The van der Waals surface area contributed by atoms with Gasteiger partial charge < -0.3 is 4.74 Å². The molecule has 1 aromatic heterocycles. The molecule has 0 aliphatic carbocycles. The standard InChI is InChI=1S/C20H19NO2/c1-2-3-14-23-20(22)19-18-11-7-10-16(17(18)12-13-21-19)15-8-5-4-6-9-15/h4-13H,2-3,14H2,1H3. The Kier molecular flexibility index (Phi) is 4.67. The van der Waals surface area contributed by atoms with Gasteiger partial charge in [-0.1, -0.05) is 61.9 Å². The molecule has 116 valence electrons. The SMILES string of the molecule is CCCCOC(=O)c1nccc2c(-c3ccccc3)cccc12. The summed E-state index contributed by atoms with van der Waals surface area (Å²) >= 11 is 0. The van der Waals surface area contributed by atoms with Crippen molar-refractivity contribution in [1.82, 2.24) is 4.98 Å². The largest absolute Gasteiger partial charge is 0.461 e. The van der Waals surface area contributed by atoms with Gasteiger partial charge in [-0.15, -0.1) is 0 Å². The Labute approximate surface area is 135 Å². The Bertz CT molecular complexity index is 812. The van der Waals surface area contributed by atoms with Gasteiger partial charge in [0.15, 0.2) is 5.69 Å². The van der Waals surface area contributed by atoms with Crippen molar-refractivity contribution in [2.45, 2.75) is 19.8 Å². The molecule has 0 N–H and O–H groups in total. The third-order valence-corrected chi connectivity index (χ3v) is 3.82. The predicted octanol–water partition coefficient (Wildman–Crippen LogP) is 4.86. The van der Waals surface area contributed by atoms with Gasteiger partial charge in [0, 0.05) is 11.6 Å². The Morgan fingerprint density at radius 1 is 1.00 bits per heavy atom. The minimum absolute atomic E-state index is 0.353. The van der Waals surface area contributed by atoms with Crippen molar-refractivity contribution in [3.05, 3.63) is 66.5 Å². The number of benzene rings is 2. The maximum absolute atomic E-state index is 12.3. The highest BCUT2D eigenvalue weighted by molar-refractivity contribution is 6.07. The molecule has 23 heavy (non-hydrogen) atoms. The van der Waals surface area contributed by atoms with Crippen molar-refractivity contribution in [2.75, 3.05) is 6.61 Å². The van der Waals surface area contributed by atoms with Crippen molar-refractivity contribution >= 4 is 16.7 Å². The zero-order valence-corrected chi connectivity index (χ0v) is 13.2. The number of hydrogen-bond acceptors (Lipinski definition) is 3. The molecule has 0 radical (unpaired) electrons. The van der Waals surface area contributed by atoms with Crippen LogP contribution in [0.25, 0.3) is 21.9 Å². The lowest BCUT2D eigenvalue weighted by Crippen LogP contribution is -2.09. The molecule has 0 saturated heterocycles. The highest BCUT2D eigenvalue weighted by Crippen LogP contribution is 2.29. The maximum Gasteiger partial charge on any atom is 0.357 e. The van der Waals surface area contributed by atoms with Crippen LogP contribution in [0, 0.1) is 0 Å². The lowest BCUT2D eigenvalue weighted by molar-refractivity contribution is 0.0495.